The molecule has 3 nitrogen and oxygen atoms in total. The smallest absolute Gasteiger partial charge is 0.270 e. The zero-order valence-corrected chi connectivity index (χ0v) is 24.6. The zero-order chi connectivity index (χ0) is 25.7. The van der Waals surface area contributed by atoms with Gasteiger partial charge in [-0.05, 0) is 36.2 Å². The highest BCUT2D eigenvalue weighted by atomic mass is 127. The van der Waals surface area contributed by atoms with Crippen molar-refractivity contribution in [1.82, 2.24) is 0 Å². The van der Waals surface area contributed by atoms with E-state index in [4.69, 9.17) is 4.18 Å². The minimum absolute atomic E-state index is 0.0287. The number of halogens is 1. The van der Waals surface area contributed by atoms with E-state index < -0.39 is 10.1 Å². The van der Waals surface area contributed by atoms with E-state index in [1.807, 2.05) is 18.2 Å². The second kappa shape index (κ2) is 19.4. The summed E-state index contributed by atoms with van der Waals surface area (Å²) in [5.74, 6) is -0.0361. The lowest BCUT2D eigenvalue weighted by Gasteiger charge is -2.06. The van der Waals surface area contributed by atoms with Gasteiger partial charge in [-0.25, -0.2) is 0 Å². The monoisotopic (exact) mass is 621 g/mol. The highest BCUT2D eigenvalue weighted by Gasteiger charge is 2.13. The molecule has 0 N–H and O–H groups in total. The van der Waals surface area contributed by atoms with Crippen LogP contribution in [0.2, 0.25) is 0 Å². The third kappa shape index (κ3) is 15.4. The molecule has 0 aliphatic heterocycles. The first kappa shape index (κ1) is 30.5. The van der Waals surface area contributed by atoms with E-state index in [2.05, 4.69) is 67.6 Å². The molecule has 0 aliphatic rings. The molecule has 196 valence electrons. The summed E-state index contributed by atoms with van der Waals surface area (Å²) in [4.78, 5) is 0. The van der Waals surface area contributed by atoms with Gasteiger partial charge in [0.15, 0.2) is 7.14 Å². The third-order valence-electron chi connectivity index (χ3n) is 5.63. The van der Waals surface area contributed by atoms with Crippen LogP contribution >= 0.6 is 0 Å². The Hall–Kier alpha value is -1.70. The van der Waals surface area contributed by atoms with Crippen molar-refractivity contribution in [2.24, 2.45) is 0 Å². The zero-order valence-electron chi connectivity index (χ0n) is 21.7. The average Bonchev–Trinajstić information content (AvgIpc) is 2.89. The van der Waals surface area contributed by atoms with Crippen molar-refractivity contribution in [2.75, 3.05) is 6.61 Å². The molecule has 3 rings (SSSR count). The molecule has 0 spiro atoms. The summed E-state index contributed by atoms with van der Waals surface area (Å²) >= 11 is 0.0287. The van der Waals surface area contributed by atoms with Gasteiger partial charge in [-0.15, -0.1) is 0 Å². The molecule has 0 radical (unpaired) electrons. The lowest BCUT2D eigenvalue weighted by atomic mass is 10.1. The Morgan fingerprint density at radius 1 is 0.583 bits per heavy atom. The lowest BCUT2D eigenvalue weighted by Crippen LogP contribution is -3.61. The van der Waals surface area contributed by atoms with Gasteiger partial charge in [0.2, 0.25) is 0 Å². The summed E-state index contributed by atoms with van der Waals surface area (Å²) in [6, 6.07) is 30.6. The van der Waals surface area contributed by atoms with Crippen LogP contribution in [-0.4, -0.2) is 15.0 Å². The van der Waals surface area contributed by atoms with Crippen LogP contribution in [0.25, 0.3) is 0 Å². The fourth-order valence-electron chi connectivity index (χ4n) is 3.68. The maximum atomic E-state index is 11.8. The molecule has 0 aliphatic carbocycles. The van der Waals surface area contributed by atoms with Crippen LogP contribution in [0.5, 0.6) is 0 Å². The molecule has 0 atom stereocenters. The first-order chi connectivity index (χ1) is 17.6. The first-order valence-corrected chi connectivity index (χ1v) is 17.0. The Balaban J connectivity index is 0.000000293. The number of hydrogen-bond donors (Lipinski definition) is 0. The van der Waals surface area contributed by atoms with Gasteiger partial charge in [0, 0.05) is 0 Å². The minimum Gasteiger partial charge on any atom is -0.270 e. The van der Waals surface area contributed by atoms with Crippen LogP contribution in [0.3, 0.4) is 0 Å². The molecule has 0 fully saturated rings. The van der Waals surface area contributed by atoms with Gasteiger partial charge < -0.3 is 0 Å². The van der Waals surface area contributed by atoms with E-state index in [1.54, 1.807) is 12.1 Å². The molecule has 0 saturated carbocycles. The normalized spacial score (nSPS) is 11.0. The Morgan fingerprint density at radius 3 is 1.47 bits per heavy atom. The Bertz CT molecular complexity index is 972. The van der Waals surface area contributed by atoms with Crippen LogP contribution < -0.4 is 21.2 Å². The van der Waals surface area contributed by atoms with E-state index in [0.717, 1.165) is 18.4 Å². The van der Waals surface area contributed by atoms with E-state index in [9.17, 15) is 8.42 Å². The molecule has 3 aromatic carbocycles. The molecule has 5 heteroatoms. The molecular formula is C31H42IO3S+. The molecule has 0 bridgehead atoms. The lowest BCUT2D eigenvalue weighted by molar-refractivity contribution is -0.597. The molecule has 0 amide bonds. The fraction of sp³-hybridized carbons (Fsp3) is 0.419. The van der Waals surface area contributed by atoms with Crippen LogP contribution in [0, 0.1) is 7.14 Å². The minimum atomic E-state index is -3.44. The number of hydrogen-bond acceptors (Lipinski definition) is 3. The number of unbranched alkanes of at least 4 members (excludes halogenated alkanes) is 9. The summed E-state index contributed by atoms with van der Waals surface area (Å²) in [5, 5.41) is 0. The Labute approximate surface area is 230 Å². The standard InChI is InChI=1S/C19H32O3S.C12H10I/c1-2-3-4-5-6-7-8-9-10-14-17-22-23(20,21)18-19-15-12-11-13-16-19;1-3-7-11(8-4-1)13-12-9-5-2-6-10-12/h11-13,15-16H,2-10,14,17-18H2,1H3;1-10H/q;+1. The second-order valence-corrected chi connectivity index (χ2v) is 13.5. The van der Waals surface area contributed by atoms with Gasteiger partial charge in [0.1, 0.15) is 5.75 Å². The highest BCUT2D eigenvalue weighted by Crippen LogP contribution is 2.12. The molecule has 0 saturated heterocycles. The summed E-state index contributed by atoms with van der Waals surface area (Å²) in [6.07, 6.45) is 12.3. The van der Waals surface area contributed by atoms with Crippen molar-refractivity contribution in [3.05, 3.63) is 104 Å². The average molecular weight is 622 g/mol. The number of benzene rings is 3. The van der Waals surface area contributed by atoms with Crippen LogP contribution in [-0.2, 0) is 20.1 Å². The molecule has 36 heavy (non-hydrogen) atoms. The second-order valence-electron chi connectivity index (χ2n) is 8.88. The van der Waals surface area contributed by atoms with Crippen molar-refractivity contribution < 1.29 is 33.8 Å². The van der Waals surface area contributed by atoms with Crippen molar-refractivity contribution in [3.8, 4) is 0 Å². The van der Waals surface area contributed by atoms with E-state index >= 15 is 0 Å². The molecule has 3 aromatic rings. The summed E-state index contributed by atoms with van der Waals surface area (Å²) in [5.41, 5.74) is 0.774. The molecule has 0 heterocycles. The summed E-state index contributed by atoms with van der Waals surface area (Å²) in [6.45, 7) is 2.55. The topological polar surface area (TPSA) is 43.4 Å². The maximum Gasteiger partial charge on any atom is 0.357 e. The quantitative estimate of drug-likeness (QED) is 0.124. The van der Waals surface area contributed by atoms with Crippen molar-refractivity contribution in [3.63, 3.8) is 0 Å². The number of rotatable bonds is 16. The van der Waals surface area contributed by atoms with Gasteiger partial charge in [0.05, 0.1) is 6.61 Å². The molecule has 0 aromatic heterocycles. The van der Waals surface area contributed by atoms with Crippen LogP contribution in [0.4, 0.5) is 0 Å². The predicted molar refractivity (Wildman–Crippen MR) is 147 cm³/mol. The third-order valence-corrected chi connectivity index (χ3v) is 9.53. The van der Waals surface area contributed by atoms with Gasteiger partial charge in [-0.3, -0.25) is 4.18 Å². The van der Waals surface area contributed by atoms with Crippen LogP contribution in [0.1, 0.15) is 76.7 Å². The van der Waals surface area contributed by atoms with Gasteiger partial charge in [-0.1, -0.05) is 131 Å². The van der Waals surface area contributed by atoms with E-state index in [1.165, 1.54) is 58.5 Å². The fourth-order valence-corrected chi connectivity index (χ4v) is 7.00. The largest absolute Gasteiger partial charge is 0.357 e. The Morgan fingerprint density at radius 2 is 1.00 bits per heavy atom. The van der Waals surface area contributed by atoms with Gasteiger partial charge in [-0.2, -0.15) is 8.42 Å². The summed E-state index contributed by atoms with van der Waals surface area (Å²) < 4.78 is 31.7. The van der Waals surface area contributed by atoms with Crippen molar-refractivity contribution in [2.45, 2.75) is 76.9 Å². The summed E-state index contributed by atoms with van der Waals surface area (Å²) in [7, 11) is -3.44. The van der Waals surface area contributed by atoms with E-state index in [0.29, 0.717) is 6.61 Å². The maximum absolute atomic E-state index is 11.8. The van der Waals surface area contributed by atoms with E-state index in [-0.39, 0.29) is 27.0 Å². The molecular weight excluding hydrogens is 579 g/mol. The molecule has 0 unspecified atom stereocenters. The van der Waals surface area contributed by atoms with Crippen molar-refractivity contribution >= 4 is 10.1 Å². The first-order valence-electron chi connectivity index (χ1n) is 13.2. The highest BCUT2D eigenvalue weighted by molar-refractivity contribution is 7.85. The van der Waals surface area contributed by atoms with Crippen molar-refractivity contribution in [1.29, 1.82) is 0 Å². The van der Waals surface area contributed by atoms with Gasteiger partial charge in [0.25, 0.3) is 10.1 Å². The van der Waals surface area contributed by atoms with Gasteiger partial charge >= 0.3 is 21.2 Å². The Kier molecular flexibility index (Phi) is 16.5. The predicted octanol–water partition coefficient (Wildman–Crippen LogP) is 5.27. The SMILES string of the molecule is CCCCCCCCCCCCOS(=O)(=O)Cc1ccccc1.c1ccc([I+]c2ccccc2)cc1. The van der Waals surface area contributed by atoms with Crippen LogP contribution in [0.15, 0.2) is 91.0 Å².